The molecule has 1 aromatic carbocycles. The molecular weight excluding hydrogens is 349 g/mol. The average Bonchev–Trinajstić information content (AvgIpc) is 3.24. The number of benzene rings is 1. The molecule has 24 heavy (non-hydrogen) atoms. The van der Waals surface area contributed by atoms with Crippen molar-refractivity contribution >= 4 is 21.4 Å². The van der Waals surface area contributed by atoms with Gasteiger partial charge in [0.15, 0.2) is 0 Å². The van der Waals surface area contributed by atoms with E-state index in [2.05, 4.69) is 9.82 Å². The van der Waals surface area contributed by atoms with Crippen LogP contribution in [0.4, 0.5) is 4.39 Å². The number of sulfonamides is 1. The number of nitrogens with zero attached hydrogens (tertiary/aromatic N) is 2. The molecule has 0 radical (unpaired) electrons. The topological polar surface area (TPSA) is 64.0 Å². The molecule has 0 bridgehead atoms. The largest absolute Gasteiger partial charge is 0.263 e. The van der Waals surface area contributed by atoms with Gasteiger partial charge in [0, 0.05) is 23.8 Å². The minimum atomic E-state index is -3.73. The number of halogens is 1. The van der Waals surface area contributed by atoms with Crippen LogP contribution in [0, 0.1) is 12.7 Å². The number of hydrogen-bond acceptors (Lipinski definition) is 4. The molecule has 8 heteroatoms. The van der Waals surface area contributed by atoms with Crippen molar-refractivity contribution in [2.24, 2.45) is 0 Å². The fourth-order valence-corrected chi connectivity index (χ4v) is 4.27. The zero-order chi connectivity index (χ0) is 17.2. The van der Waals surface area contributed by atoms with Gasteiger partial charge in [0.2, 0.25) is 10.0 Å². The van der Waals surface area contributed by atoms with Crippen LogP contribution in [-0.2, 0) is 10.0 Å². The van der Waals surface area contributed by atoms with Gasteiger partial charge >= 0.3 is 0 Å². The third-order valence-electron chi connectivity index (χ3n) is 3.62. The standard InChI is InChI=1S/C16H16FN3O2S2/c1-12-10-13(5-6-14(12)17)24(21,22)19-11-15(16-4-2-9-23-16)20-8-3-7-18-20/h2-10,15,19H,11H2,1H3. The summed E-state index contributed by atoms with van der Waals surface area (Å²) >= 11 is 1.53. The first-order chi connectivity index (χ1) is 11.5. The maximum Gasteiger partial charge on any atom is 0.240 e. The number of aryl methyl sites for hydroxylation is 1. The SMILES string of the molecule is Cc1cc(S(=O)(=O)NCC(c2cccs2)n2cccn2)ccc1F. The Hall–Kier alpha value is -2.03. The first kappa shape index (κ1) is 16.8. The fraction of sp³-hybridized carbons (Fsp3) is 0.188. The molecule has 3 rings (SSSR count). The van der Waals surface area contributed by atoms with Crippen molar-refractivity contribution in [1.29, 1.82) is 0 Å². The Kier molecular flexibility index (Phi) is 4.79. The van der Waals surface area contributed by atoms with Gasteiger partial charge in [-0.1, -0.05) is 6.07 Å². The first-order valence-corrected chi connectivity index (χ1v) is 9.62. The number of aromatic nitrogens is 2. The number of hydrogen-bond donors (Lipinski definition) is 1. The first-order valence-electron chi connectivity index (χ1n) is 7.26. The van der Waals surface area contributed by atoms with Crippen LogP contribution in [0.3, 0.4) is 0 Å². The highest BCUT2D eigenvalue weighted by Gasteiger charge is 2.21. The maximum absolute atomic E-state index is 13.3. The van der Waals surface area contributed by atoms with Crippen molar-refractivity contribution in [2.45, 2.75) is 17.9 Å². The molecule has 1 atom stereocenters. The van der Waals surface area contributed by atoms with Crippen molar-refractivity contribution in [3.05, 3.63) is 70.4 Å². The van der Waals surface area contributed by atoms with Crippen LogP contribution >= 0.6 is 11.3 Å². The van der Waals surface area contributed by atoms with E-state index in [9.17, 15) is 12.8 Å². The van der Waals surface area contributed by atoms with Gasteiger partial charge in [-0.25, -0.2) is 17.5 Å². The van der Waals surface area contributed by atoms with Crippen LogP contribution in [0.2, 0.25) is 0 Å². The molecule has 0 amide bonds. The van der Waals surface area contributed by atoms with Crippen molar-refractivity contribution in [3.8, 4) is 0 Å². The molecule has 2 aromatic heterocycles. The molecule has 0 aliphatic rings. The summed E-state index contributed by atoms with van der Waals surface area (Å²) in [5.74, 6) is -0.429. The summed E-state index contributed by atoms with van der Waals surface area (Å²) in [6.07, 6.45) is 3.44. The Balaban J connectivity index is 1.82. The predicted octanol–water partition coefficient (Wildman–Crippen LogP) is 2.96. The van der Waals surface area contributed by atoms with Gasteiger partial charge in [0.05, 0.1) is 10.9 Å². The minimum Gasteiger partial charge on any atom is -0.263 e. The quantitative estimate of drug-likeness (QED) is 0.730. The summed E-state index contributed by atoms with van der Waals surface area (Å²) in [6.45, 7) is 1.69. The second-order valence-electron chi connectivity index (χ2n) is 5.28. The minimum absolute atomic E-state index is 0.0480. The van der Waals surface area contributed by atoms with Crippen LogP contribution in [-0.4, -0.2) is 24.7 Å². The molecule has 0 fully saturated rings. The molecule has 126 valence electrons. The lowest BCUT2D eigenvalue weighted by Gasteiger charge is -2.17. The third-order valence-corrected chi connectivity index (χ3v) is 6.02. The van der Waals surface area contributed by atoms with Gasteiger partial charge < -0.3 is 0 Å². The number of rotatable bonds is 6. The molecule has 1 unspecified atom stereocenters. The van der Waals surface area contributed by atoms with Crippen LogP contribution < -0.4 is 4.72 Å². The predicted molar refractivity (Wildman–Crippen MR) is 91.0 cm³/mol. The van der Waals surface area contributed by atoms with Gasteiger partial charge in [-0.2, -0.15) is 5.10 Å². The highest BCUT2D eigenvalue weighted by molar-refractivity contribution is 7.89. The summed E-state index contributed by atoms with van der Waals surface area (Å²) in [5.41, 5.74) is 0.291. The monoisotopic (exact) mass is 365 g/mol. The van der Waals surface area contributed by atoms with Gasteiger partial charge in [-0.05, 0) is 48.2 Å². The molecule has 0 aliphatic carbocycles. The second-order valence-corrected chi connectivity index (χ2v) is 8.03. The van der Waals surface area contributed by atoms with Crippen LogP contribution in [0.1, 0.15) is 16.5 Å². The summed E-state index contributed by atoms with van der Waals surface area (Å²) < 4.78 is 42.6. The molecule has 0 spiro atoms. The third kappa shape index (κ3) is 3.55. The Bertz CT molecular complexity index is 873. The van der Waals surface area contributed by atoms with Crippen molar-refractivity contribution < 1.29 is 12.8 Å². The number of nitrogens with one attached hydrogen (secondary N) is 1. The van der Waals surface area contributed by atoms with E-state index < -0.39 is 15.8 Å². The second kappa shape index (κ2) is 6.84. The highest BCUT2D eigenvalue weighted by Crippen LogP contribution is 2.23. The molecule has 0 saturated carbocycles. The fourth-order valence-electron chi connectivity index (χ4n) is 2.33. The van der Waals surface area contributed by atoms with Gasteiger partial charge in [-0.15, -0.1) is 11.3 Å². The van der Waals surface area contributed by atoms with Gasteiger partial charge in [0.1, 0.15) is 5.82 Å². The van der Waals surface area contributed by atoms with E-state index in [-0.39, 0.29) is 17.5 Å². The van der Waals surface area contributed by atoms with Crippen LogP contribution in [0.15, 0.2) is 59.1 Å². The normalized spacial score (nSPS) is 13.1. The summed E-state index contributed by atoms with van der Waals surface area (Å²) in [6, 6.07) is 9.15. The molecule has 2 heterocycles. The Morgan fingerprint density at radius 2 is 2.17 bits per heavy atom. The molecular formula is C16H16FN3O2S2. The highest BCUT2D eigenvalue weighted by atomic mass is 32.2. The lowest BCUT2D eigenvalue weighted by Crippen LogP contribution is -2.31. The molecule has 5 nitrogen and oxygen atoms in total. The lowest BCUT2D eigenvalue weighted by atomic mass is 10.2. The van der Waals surface area contributed by atoms with Gasteiger partial charge in [0.25, 0.3) is 0 Å². The zero-order valence-corrected chi connectivity index (χ0v) is 14.5. The van der Waals surface area contributed by atoms with Crippen molar-refractivity contribution in [3.63, 3.8) is 0 Å². The Labute approximate surface area is 143 Å². The van der Waals surface area contributed by atoms with Crippen LogP contribution in [0.5, 0.6) is 0 Å². The summed E-state index contributed by atoms with van der Waals surface area (Å²) in [7, 11) is -3.73. The van der Waals surface area contributed by atoms with Crippen molar-refractivity contribution in [1.82, 2.24) is 14.5 Å². The smallest absolute Gasteiger partial charge is 0.240 e. The Morgan fingerprint density at radius 3 is 2.79 bits per heavy atom. The number of thiophene rings is 1. The van der Waals surface area contributed by atoms with E-state index in [4.69, 9.17) is 0 Å². The average molecular weight is 365 g/mol. The van der Waals surface area contributed by atoms with E-state index in [1.54, 1.807) is 23.1 Å². The maximum atomic E-state index is 13.3. The summed E-state index contributed by atoms with van der Waals surface area (Å²) in [5, 5.41) is 6.14. The molecule has 0 saturated heterocycles. The lowest BCUT2D eigenvalue weighted by molar-refractivity contribution is 0.511. The van der Waals surface area contributed by atoms with Crippen molar-refractivity contribution in [2.75, 3.05) is 6.54 Å². The van der Waals surface area contributed by atoms with Crippen LogP contribution in [0.25, 0.3) is 0 Å². The molecule has 1 N–H and O–H groups in total. The molecule has 3 aromatic rings. The van der Waals surface area contributed by atoms with E-state index in [1.165, 1.54) is 30.4 Å². The van der Waals surface area contributed by atoms with E-state index in [1.807, 2.05) is 17.5 Å². The van der Waals surface area contributed by atoms with E-state index in [0.29, 0.717) is 5.56 Å². The van der Waals surface area contributed by atoms with E-state index in [0.717, 1.165) is 10.9 Å². The Morgan fingerprint density at radius 1 is 1.33 bits per heavy atom. The molecule has 0 aliphatic heterocycles. The van der Waals surface area contributed by atoms with E-state index >= 15 is 0 Å². The van der Waals surface area contributed by atoms with Gasteiger partial charge in [-0.3, -0.25) is 4.68 Å². The summed E-state index contributed by atoms with van der Waals surface area (Å²) in [4.78, 5) is 1.04. The zero-order valence-electron chi connectivity index (χ0n) is 12.9.